The van der Waals surface area contributed by atoms with Gasteiger partial charge >= 0.3 is 5.97 Å². The molecule has 1 N–H and O–H groups in total. The van der Waals surface area contributed by atoms with E-state index in [4.69, 9.17) is 5.11 Å². The van der Waals surface area contributed by atoms with Gasteiger partial charge in [0.1, 0.15) is 0 Å². The van der Waals surface area contributed by atoms with E-state index in [2.05, 4.69) is 5.29 Å². The maximum atomic E-state index is 10.7. The maximum absolute atomic E-state index is 10.7. The van der Waals surface area contributed by atoms with E-state index in [0.717, 1.165) is 0 Å². The summed E-state index contributed by atoms with van der Waals surface area (Å²) in [5.74, 6) is -1.10. The van der Waals surface area contributed by atoms with Crippen LogP contribution in [0.5, 0.6) is 0 Å². The van der Waals surface area contributed by atoms with E-state index in [1.54, 1.807) is 0 Å². The van der Waals surface area contributed by atoms with Crippen LogP contribution in [0.4, 0.5) is 0 Å². The van der Waals surface area contributed by atoms with Crippen molar-refractivity contribution in [1.29, 1.82) is 0 Å². The molecule has 1 aliphatic rings. The lowest BCUT2D eigenvalue weighted by molar-refractivity contribution is -0.145. The summed E-state index contributed by atoms with van der Waals surface area (Å²) in [5.41, 5.74) is 0. The van der Waals surface area contributed by atoms with Crippen LogP contribution in [0, 0.1) is 10.8 Å². The number of piperidine rings is 1. The highest BCUT2D eigenvalue weighted by Crippen LogP contribution is 2.27. The summed E-state index contributed by atoms with van der Waals surface area (Å²) in [4.78, 5) is 21.1. The third-order valence-corrected chi connectivity index (χ3v) is 2.60. The normalized spacial score (nSPS) is 34.3. The van der Waals surface area contributed by atoms with Crippen LogP contribution in [-0.2, 0) is 4.79 Å². The molecule has 0 bridgehead atoms. The number of nitroso groups, excluding NO2 is 1. The maximum Gasteiger partial charge on any atom is 0.306 e. The van der Waals surface area contributed by atoms with Gasteiger partial charge in [-0.25, -0.2) is 0 Å². The van der Waals surface area contributed by atoms with Crippen molar-refractivity contribution in [2.24, 2.45) is 11.2 Å². The first-order chi connectivity index (χ1) is 6.06. The van der Waals surface area contributed by atoms with Crippen LogP contribution in [0.15, 0.2) is 5.29 Å². The zero-order valence-corrected chi connectivity index (χ0v) is 7.80. The van der Waals surface area contributed by atoms with E-state index < -0.39 is 5.97 Å². The Morgan fingerprint density at radius 3 is 2.15 bits per heavy atom. The number of hydrogen-bond acceptors (Lipinski definition) is 3. The lowest BCUT2D eigenvalue weighted by Crippen LogP contribution is -2.44. The van der Waals surface area contributed by atoms with Crippen molar-refractivity contribution < 1.29 is 9.90 Å². The van der Waals surface area contributed by atoms with Gasteiger partial charge in [-0.2, -0.15) is 0 Å². The standard InChI is InChI=1S/C8H14N2O3/c1-5-3-7(8(11)12)4-6(2)10(5)9-13/h5-7H,3-4H2,1-2H3,(H,11,12). The Bertz CT molecular complexity index is 207. The molecule has 0 radical (unpaired) electrons. The first-order valence-electron chi connectivity index (χ1n) is 4.40. The summed E-state index contributed by atoms with van der Waals surface area (Å²) in [6, 6.07) is -0.135. The Morgan fingerprint density at radius 1 is 1.38 bits per heavy atom. The van der Waals surface area contributed by atoms with Crippen LogP contribution in [0.1, 0.15) is 26.7 Å². The SMILES string of the molecule is CC1CC(C(=O)O)CC(C)N1N=O. The van der Waals surface area contributed by atoms with E-state index in [9.17, 15) is 9.70 Å². The van der Waals surface area contributed by atoms with Crippen molar-refractivity contribution >= 4 is 5.97 Å². The Labute approximate surface area is 76.7 Å². The van der Waals surface area contributed by atoms with Crippen LogP contribution < -0.4 is 0 Å². The molecular formula is C8H14N2O3. The highest BCUT2D eigenvalue weighted by atomic mass is 16.4. The predicted molar refractivity (Wildman–Crippen MR) is 46.9 cm³/mol. The second kappa shape index (κ2) is 3.72. The largest absolute Gasteiger partial charge is 0.481 e. The summed E-state index contributed by atoms with van der Waals surface area (Å²) in [6.07, 6.45) is 1.01. The number of hydrogen-bond donors (Lipinski definition) is 1. The van der Waals surface area contributed by atoms with Crippen molar-refractivity contribution in [3.8, 4) is 0 Å². The van der Waals surface area contributed by atoms with Gasteiger partial charge in [-0.15, -0.1) is 4.91 Å². The first-order valence-corrected chi connectivity index (χ1v) is 4.40. The van der Waals surface area contributed by atoms with Crippen LogP contribution in [-0.4, -0.2) is 28.2 Å². The van der Waals surface area contributed by atoms with Gasteiger partial charge in [0, 0.05) is 12.1 Å². The molecule has 1 rings (SSSR count). The van der Waals surface area contributed by atoms with E-state index in [1.807, 2.05) is 13.8 Å². The molecule has 5 nitrogen and oxygen atoms in total. The third-order valence-electron chi connectivity index (χ3n) is 2.60. The molecule has 1 heterocycles. The number of rotatable bonds is 2. The topological polar surface area (TPSA) is 70.0 Å². The average Bonchev–Trinajstić information content (AvgIpc) is 2.03. The van der Waals surface area contributed by atoms with E-state index in [-0.39, 0.29) is 18.0 Å². The second-order valence-corrected chi connectivity index (χ2v) is 3.67. The van der Waals surface area contributed by atoms with Crippen molar-refractivity contribution in [1.82, 2.24) is 5.01 Å². The van der Waals surface area contributed by atoms with Crippen LogP contribution in [0.3, 0.4) is 0 Å². The fourth-order valence-corrected chi connectivity index (χ4v) is 1.93. The Hall–Kier alpha value is -1.13. The average molecular weight is 186 g/mol. The summed E-state index contributed by atoms with van der Waals surface area (Å²) in [7, 11) is 0. The number of carbonyl (C=O) groups is 1. The molecule has 0 amide bonds. The molecule has 0 spiro atoms. The van der Waals surface area contributed by atoms with E-state index in [0.29, 0.717) is 12.8 Å². The van der Waals surface area contributed by atoms with Crippen molar-refractivity contribution in [3.63, 3.8) is 0 Å². The summed E-state index contributed by atoms with van der Waals surface area (Å²) >= 11 is 0. The summed E-state index contributed by atoms with van der Waals surface area (Å²) < 4.78 is 0. The summed E-state index contributed by atoms with van der Waals surface area (Å²) in [6.45, 7) is 3.65. The molecule has 5 heteroatoms. The van der Waals surface area contributed by atoms with Gasteiger partial charge in [0.2, 0.25) is 0 Å². The highest BCUT2D eigenvalue weighted by Gasteiger charge is 2.34. The van der Waals surface area contributed by atoms with E-state index in [1.165, 1.54) is 5.01 Å². The predicted octanol–water partition coefficient (Wildman–Crippen LogP) is 1.24. The molecule has 1 saturated heterocycles. The molecule has 1 aliphatic heterocycles. The zero-order valence-electron chi connectivity index (χ0n) is 7.80. The molecule has 0 aliphatic carbocycles. The van der Waals surface area contributed by atoms with Gasteiger partial charge in [-0.3, -0.25) is 9.80 Å². The summed E-state index contributed by atoms with van der Waals surface area (Å²) in [5, 5.41) is 13.1. The van der Waals surface area contributed by atoms with Gasteiger partial charge in [0.25, 0.3) is 0 Å². The second-order valence-electron chi connectivity index (χ2n) is 3.67. The van der Waals surface area contributed by atoms with Crippen LogP contribution in [0.2, 0.25) is 0 Å². The molecule has 2 atom stereocenters. The lowest BCUT2D eigenvalue weighted by Gasteiger charge is -2.36. The first kappa shape index (κ1) is 9.95. The van der Waals surface area contributed by atoms with Crippen molar-refractivity contribution in [2.75, 3.05) is 0 Å². The molecular weight excluding hydrogens is 172 g/mol. The quantitative estimate of drug-likeness (QED) is 0.659. The molecule has 13 heavy (non-hydrogen) atoms. The number of aliphatic carboxylic acids is 1. The fraction of sp³-hybridized carbons (Fsp3) is 0.875. The molecule has 0 aromatic rings. The van der Waals surface area contributed by atoms with Crippen molar-refractivity contribution in [2.45, 2.75) is 38.8 Å². The van der Waals surface area contributed by atoms with Crippen LogP contribution >= 0.6 is 0 Å². The smallest absolute Gasteiger partial charge is 0.306 e. The van der Waals surface area contributed by atoms with Crippen LogP contribution in [0.25, 0.3) is 0 Å². The minimum Gasteiger partial charge on any atom is -0.481 e. The monoisotopic (exact) mass is 186 g/mol. The number of nitrogens with zero attached hydrogens (tertiary/aromatic N) is 2. The Morgan fingerprint density at radius 2 is 1.85 bits per heavy atom. The zero-order chi connectivity index (χ0) is 10.0. The third kappa shape index (κ3) is 1.96. The Balaban J connectivity index is 2.66. The van der Waals surface area contributed by atoms with Gasteiger partial charge in [0.05, 0.1) is 11.2 Å². The Kier molecular flexibility index (Phi) is 2.85. The molecule has 0 saturated carbocycles. The number of carboxylic acids is 1. The molecule has 0 aromatic heterocycles. The highest BCUT2D eigenvalue weighted by molar-refractivity contribution is 5.70. The van der Waals surface area contributed by atoms with E-state index >= 15 is 0 Å². The molecule has 0 aromatic carbocycles. The van der Waals surface area contributed by atoms with Gasteiger partial charge < -0.3 is 5.11 Å². The lowest BCUT2D eigenvalue weighted by atomic mass is 9.88. The molecule has 1 fully saturated rings. The molecule has 2 unspecified atom stereocenters. The number of carboxylic acid groups (broad SMARTS) is 1. The van der Waals surface area contributed by atoms with Gasteiger partial charge in [-0.1, -0.05) is 0 Å². The van der Waals surface area contributed by atoms with Gasteiger partial charge in [0.15, 0.2) is 0 Å². The minimum atomic E-state index is -0.774. The van der Waals surface area contributed by atoms with Gasteiger partial charge in [-0.05, 0) is 26.7 Å². The molecule has 74 valence electrons. The fourth-order valence-electron chi connectivity index (χ4n) is 1.93. The van der Waals surface area contributed by atoms with Crippen molar-refractivity contribution in [3.05, 3.63) is 4.91 Å². The minimum absolute atomic E-state index is 0.0673.